The summed E-state index contributed by atoms with van der Waals surface area (Å²) in [5, 5.41) is 14.0. The molecule has 0 saturated heterocycles. The Hall–Kier alpha value is -3.35. The van der Waals surface area contributed by atoms with Crippen LogP contribution in [-0.4, -0.2) is 22.8 Å². The lowest BCUT2D eigenvalue weighted by molar-refractivity contribution is -0.133. The second kappa shape index (κ2) is 6.41. The number of esters is 1. The third-order valence-corrected chi connectivity index (χ3v) is 3.70. The number of nitrogens with zero attached hydrogens (tertiary/aromatic N) is 1. The van der Waals surface area contributed by atoms with Crippen LogP contribution in [-0.2, 0) is 4.79 Å². The number of fused-ring (bicyclic) bond motifs is 1. The van der Waals surface area contributed by atoms with Gasteiger partial charge in [-0.1, -0.05) is 30.3 Å². The molecule has 7 nitrogen and oxygen atoms in total. The van der Waals surface area contributed by atoms with Gasteiger partial charge in [-0.25, -0.2) is 10.2 Å². The van der Waals surface area contributed by atoms with Gasteiger partial charge in [-0.15, -0.1) is 0 Å². The number of primary amides is 1. The van der Waals surface area contributed by atoms with Gasteiger partial charge in [-0.05, 0) is 18.2 Å². The normalized spacial score (nSPS) is 16.4. The van der Waals surface area contributed by atoms with Crippen molar-refractivity contribution in [1.82, 2.24) is 5.43 Å². The summed E-state index contributed by atoms with van der Waals surface area (Å²) >= 11 is 0. The number of nitrogens with one attached hydrogen (secondary N) is 1. The van der Waals surface area contributed by atoms with Gasteiger partial charge in [0, 0.05) is 17.5 Å². The number of hydrazone groups is 1. The maximum Gasteiger partial charge on any atom is 0.332 e. The molecule has 0 saturated carbocycles. The summed E-state index contributed by atoms with van der Waals surface area (Å²) in [5.41, 5.74) is 8.68. The molecule has 24 heavy (non-hydrogen) atoms. The van der Waals surface area contributed by atoms with Crippen molar-refractivity contribution in [2.45, 2.75) is 12.3 Å². The molecule has 1 heterocycles. The molecule has 0 fully saturated rings. The molecule has 3 rings (SSSR count). The maximum absolute atomic E-state index is 12.2. The Labute approximate surface area is 137 Å². The van der Waals surface area contributed by atoms with Gasteiger partial charge in [0.05, 0.1) is 11.6 Å². The Bertz CT molecular complexity index is 832. The van der Waals surface area contributed by atoms with E-state index in [1.165, 1.54) is 6.07 Å². The number of para-hydroxylation sites is 2. The summed E-state index contributed by atoms with van der Waals surface area (Å²) in [6.45, 7) is 0. The van der Waals surface area contributed by atoms with Crippen LogP contribution >= 0.6 is 0 Å². The third-order valence-electron chi connectivity index (χ3n) is 3.70. The van der Waals surface area contributed by atoms with Gasteiger partial charge in [0.1, 0.15) is 11.5 Å². The van der Waals surface area contributed by atoms with Crippen LogP contribution in [0.3, 0.4) is 0 Å². The first-order chi connectivity index (χ1) is 11.6. The van der Waals surface area contributed by atoms with Gasteiger partial charge in [-0.3, -0.25) is 4.79 Å². The van der Waals surface area contributed by atoms with Crippen LogP contribution in [0, 0.1) is 0 Å². The number of hydrogen-bond acceptors (Lipinski definition) is 5. The monoisotopic (exact) mass is 325 g/mol. The van der Waals surface area contributed by atoms with E-state index in [1.54, 1.807) is 36.4 Å². The summed E-state index contributed by atoms with van der Waals surface area (Å²) in [7, 11) is 0. The fourth-order valence-corrected chi connectivity index (χ4v) is 2.61. The Morgan fingerprint density at radius 1 is 1.21 bits per heavy atom. The standard InChI is InChI=1S/C17H15N3O4/c18-17(23)20-19-13(11-6-1-3-7-14(11)21)9-12-10-5-2-4-8-15(10)24-16(12)22/h1-8,12,21H,9H2,(H3,18,20,23)/b19-13-. The van der Waals surface area contributed by atoms with E-state index in [0.29, 0.717) is 17.0 Å². The average Bonchev–Trinajstić information content (AvgIpc) is 2.87. The number of hydrogen-bond donors (Lipinski definition) is 3. The molecule has 2 aromatic rings. The van der Waals surface area contributed by atoms with E-state index in [9.17, 15) is 14.7 Å². The number of aromatic hydroxyl groups is 1. The number of rotatable bonds is 4. The molecule has 1 aliphatic rings. The first-order valence-corrected chi connectivity index (χ1v) is 7.27. The molecular weight excluding hydrogens is 310 g/mol. The molecule has 7 heteroatoms. The summed E-state index contributed by atoms with van der Waals surface area (Å²) < 4.78 is 5.24. The fourth-order valence-electron chi connectivity index (χ4n) is 2.61. The zero-order valence-corrected chi connectivity index (χ0v) is 12.6. The molecule has 4 N–H and O–H groups in total. The number of ether oxygens (including phenoxy) is 1. The number of carbonyl (C=O) groups excluding carboxylic acids is 2. The lowest BCUT2D eigenvalue weighted by atomic mass is 9.92. The van der Waals surface area contributed by atoms with E-state index in [-0.39, 0.29) is 12.2 Å². The number of urea groups is 1. The van der Waals surface area contributed by atoms with E-state index < -0.39 is 17.9 Å². The second-order valence-corrected chi connectivity index (χ2v) is 5.27. The summed E-state index contributed by atoms with van der Waals surface area (Å²) in [4.78, 5) is 23.1. The smallest absolute Gasteiger partial charge is 0.332 e. The highest BCUT2D eigenvalue weighted by Crippen LogP contribution is 2.37. The number of phenols is 1. The second-order valence-electron chi connectivity index (χ2n) is 5.27. The van der Waals surface area contributed by atoms with E-state index in [4.69, 9.17) is 10.5 Å². The first-order valence-electron chi connectivity index (χ1n) is 7.27. The van der Waals surface area contributed by atoms with E-state index in [2.05, 4.69) is 10.5 Å². The Morgan fingerprint density at radius 2 is 1.92 bits per heavy atom. The average molecular weight is 325 g/mol. The minimum Gasteiger partial charge on any atom is -0.507 e. The fraction of sp³-hybridized carbons (Fsp3) is 0.118. The molecule has 1 unspecified atom stereocenters. The molecule has 2 aromatic carbocycles. The van der Waals surface area contributed by atoms with Crippen LogP contribution < -0.4 is 15.9 Å². The quantitative estimate of drug-likeness (QED) is 0.344. The third kappa shape index (κ3) is 3.05. The minimum absolute atomic E-state index is 0.0119. The predicted molar refractivity (Wildman–Crippen MR) is 86.8 cm³/mol. The molecule has 0 spiro atoms. The minimum atomic E-state index is -0.836. The van der Waals surface area contributed by atoms with Crippen molar-refractivity contribution in [3.63, 3.8) is 0 Å². The number of benzene rings is 2. The predicted octanol–water partition coefficient (Wildman–Crippen LogP) is 1.86. The van der Waals surface area contributed by atoms with E-state index >= 15 is 0 Å². The van der Waals surface area contributed by atoms with Crippen molar-refractivity contribution in [2.75, 3.05) is 0 Å². The molecule has 0 radical (unpaired) electrons. The van der Waals surface area contributed by atoms with E-state index in [1.807, 2.05) is 6.07 Å². The maximum atomic E-state index is 12.2. The number of phenolic OH excluding ortho intramolecular Hbond substituents is 1. The molecule has 2 amide bonds. The number of nitrogens with two attached hydrogens (primary N) is 1. The highest BCUT2D eigenvalue weighted by molar-refractivity contribution is 6.06. The van der Waals surface area contributed by atoms with Gasteiger partial charge in [-0.2, -0.15) is 5.10 Å². The van der Waals surface area contributed by atoms with E-state index in [0.717, 1.165) is 5.56 Å². The molecular formula is C17H15N3O4. The molecule has 1 atom stereocenters. The van der Waals surface area contributed by atoms with Gasteiger partial charge in [0.25, 0.3) is 0 Å². The number of amides is 2. The van der Waals surface area contributed by atoms with Crippen molar-refractivity contribution in [1.29, 1.82) is 0 Å². The van der Waals surface area contributed by atoms with Crippen molar-refractivity contribution < 1.29 is 19.4 Å². The lowest BCUT2D eigenvalue weighted by Crippen LogP contribution is -2.27. The Balaban J connectivity index is 1.96. The molecule has 0 aromatic heterocycles. The van der Waals surface area contributed by atoms with Gasteiger partial charge >= 0.3 is 12.0 Å². The molecule has 0 aliphatic carbocycles. The van der Waals surface area contributed by atoms with Crippen LogP contribution in [0.2, 0.25) is 0 Å². The molecule has 0 bridgehead atoms. The highest BCUT2D eigenvalue weighted by Gasteiger charge is 2.34. The van der Waals surface area contributed by atoms with Gasteiger partial charge in [0.2, 0.25) is 0 Å². The topological polar surface area (TPSA) is 114 Å². The molecule has 122 valence electrons. The largest absolute Gasteiger partial charge is 0.507 e. The van der Waals surface area contributed by atoms with Crippen molar-refractivity contribution in [3.05, 3.63) is 59.7 Å². The van der Waals surface area contributed by atoms with Crippen molar-refractivity contribution in [3.8, 4) is 11.5 Å². The Morgan fingerprint density at radius 3 is 2.67 bits per heavy atom. The number of carbonyl (C=O) groups is 2. The van der Waals surface area contributed by atoms with Crippen LogP contribution in [0.5, 0.6) is 11.5 Å². The summed E-state index contributed by atoms with van der Waals surface area (Å²) in [5.74, 6) is -0.484. The van der Waals surface area contributed by atoms with Crippen LogP contribution in [0.4, 0.5) is 4.79 Å². The lowest BCUT2D eigenvalue weighted by Gasteiger charge is -2.12. The van der Waals surface area contributed by atoms with Crippen molar-refractivity contribution >= 4 is 17.7 Å². The zero-order chi connectivity index (χ0) is 17.1. The van der Waals surface area contributed by atoms with Gasteiger partial charge < -0.3 is 15.6 Å². The summed E-state index contributed by atoms with van der Waals surface area (Å²) in [6.07, 6.45) is 0.147. The Kier molecular flexibility index (Phi) is 4.15. The SMILES string of the molecule is NC(=O)N/N=C(/CC1C(=O)Oc2ccccc21)c1ccccc1O. The van der Waals surface area contributed by atoms with Crippen LogP contribution in [0.25, 0.3) is 0 Å². The summed E-state index contributed by atoms with van der Waals surface area (Å²) in [6, 6.07) is 12.8. The highest BCUT2D eigenvalue weighted by atomic mass is 16.5. The molecule has 1 aliphatic heterocycles. The van der Waals surface area contributed by atoms with Gasteiger partial charge in [0.15, 0.2) is 0 Å². The zero-order valence-electron chi connectivity index (χ0n) is 12.6. The van der Waals surface area contributed by atoms with Crippen LogP contribution in [0.15, 0.2) is 53.6 Å². The van der Waals surface area contributed by atoms with Crippen molar-refractivity contribution in [2.24, 2.45) is 10.8 Å². The van der Waals surface area contributed by atoms with Crippen LogP contribution in [0.1, 0.15) is 23.5 Å². The first kappa shape index (κ1) is 15.5.